The lowest BCUT2D eigenvalue weighted by Crippen LogP contribution is -2.00. The molecule has 4 unspecified atom stereocenters. The molecule has 2 fully saturated rings. The fourth-order valence-electron chi connectivity index (χ4n) is 2.99. The second-order valence-corrected chi connectivity index (χ2v) is 6.48. The van der Waals surface area contributed by atoms with E-state index in [9.17, 15) is 4.79 Å². The SMILES string of the molecule is CCC1OC1CC1OC1C/C=C\CCCCCCCC(=O)O. The van der Waals surface area contributed by atoms with Crippen LogP contribution in [-0.4, -0.2) is 35.5 Å². The zero-order chi connectivity index (χ0) is 15.8. The standard InChI is InChI=1S/C18H30O4/c1-2-14-16(21-14)13-17-15(22-17)11-9-7-5-3-4-6-8-10-12-18(19)20/h7,9,14-17H,2-6,8,10-13H2,1H3,(H,19,20)/b9-7-. The number of unbranched alkanes of at least 4 members (excludes halogenated alkanes) is 5. The highest BCUT2D eigenvalue weighted by molar-refractivity contribution is 5.66. The van der Waals surface area contributed by atoms with Crippen LogP contribution in [0, 0.1) is 0 Å². The van der Waals surface area contributed by atoms with Crippen molar-refractivity contribution in [1.82, 2.24) is 0 Å². The van der Waals surface area contributed by atoms with Gasteiger partial charge in [-0.15, -0.1) is 0 Å². The Labute approximate surface area is 133 Å². The van der Waals surface area contributed by atoms with Crippen LogP contribution in [0.4, 0.5) is 0 Å². The van der Waals surface area contributed by atoms with Crippen molar-refractivity contribution in [2.24, 2.45) is 0 Å². The molecule has 2 aliphatic rings. The Kier molecular flexibility index (Phi) is 7.40. The monoisotopic (exact) mass is 310 g/mol. The minimum absolute atomic E-state index is 0.313. The average Bonchev–Trinajstić information content (AvgIpc) is 3.39. The van der Waals surface area contributed by atoms with Gasteiger partial charge in [-0.3, -0.25) is 4.79 Å². The number of carboxylic acid groups (broad SMARTS) is 1. The summed E-state index contributed by atoms with van der Waals surface area (Å²) in [6.07, 6.45) is 16.4. The Bertz CT molecular complexity index is 366. The summed E-state index contributed by atoms with van der Waals surface area (Å²) in [6.45, 7) is 2.17. The van der Waals surface area contributed by atoms with Gasteiger partial charge in [0.15, 0.2) is 0 Å². The first kappa shape index (κ1) is 17.5. The molecule has 0 aromatic heterocycles. The molecule has 2 rings (SSSR count). The van der Waals surface area contributed by atoms with Gasteiger partial charge in [0.05, 0.1) is 24.4 Å². The lowest BCUT2D eigenvalue weighted by molar-refractivity contribution is -0.137. The first-order chi connectivity index (χ1) is 10.7. The maximum Gasteiger partial charge on any atom is 0.303 e. The number of ether oxygens (including phenoxy) is 2. The normalized spacial score (nSPS) is 29.9. The van der Waals surface area contributed by atoms with Crippen molar-refractivity contribution in [3.8, 4) is 0 Å². The highest BCUT2D eigenvalue weighted by atomic mass is 16.6. The molecule has 4 nitrogen and oxygen atoms in total. The van der Waals surface area contributed by atoms with Gasteiger partial charge in [-0.05, 0) is 32.1 Å². The maximum absolute atomic E-state index is 10.4. The summed E-state index contributed by atoms with van der Waals surface area (Å²) in [4.78, 5) is 10.4. The molecule has 0 amide bonds. The molecule has 1 N–H and O–H groups in total. The number of aliphatic carboxylic acids is 1. The van der Waals surface area contributed by atoms with Crippen LogP contribution in [0.2, 0.25) is 0 Å². The lowest BCUT2D eigenvalue weighted by atomic mass is 10.1. The van der Waals surface area contributed by atoms with Crippen molar-refractivity contribution >= 4 is 5.97 Å². The van der Waals surface area contributed by atoms with Gasteiger partial charge in [-0.25, -0.2) is 0 Å². The van der Waals surface area contributed by atoms with Crippen molar-refractivity contribution in [3.05, 3.63) is 12.2 Å². The fourth-order valence-corrected chi connectivity index (χ4v) is 2.99. The van der Waals surface area contributed by atoms with Crippen molar-refractivity contribution in [3.63, 3.8) is 0 Å². The Morgan fingerprint density at radius 3 is 2.36 bits per heavy atom. The van der Waals surface area contributed by atoms with Crippen LogP contribution in [0.5, 0.6) is 0 Å². The minimum atomic E-state index is -0.679. The summed E-state index contributed by atoms with van der Waals surface area (Å²) in [5.41, 5.74) is 0. The Morgan fingerprint density at radius 2 is 1.64 bits per heavy atom. The van der Waals surface area contributed by atoms with Gasteiger partial charge >= 0.3 is 5.97 Å². The van der Waals surface area contributed by atoms with Crippen LogP contribution in [-0.2, 0) is 14.3 Å². The van der Waals surface area contributed by atoms with Crippen LogP contribution in [0.1, 0.15) is 71.1 Å². The highest BCUT2D eigenvalue weighted by Crippen LogP contribution is 2.37. The summed E-state index contributed by atoms with van der Waals surface area (Å²) in [5.74, 6) is -0.679. The van der Waals surface area contributed by atoms with E-state index in [-0.39, 0.29) is 0 Å². The van der Waals surface area contributed by atoms with Crippen LogP contribution < -0.4 is 0 Å². The smallest absolute Gasteiger partial charge is 0.303 e. The lowest BCUT2D eigenvalue weighted by Gasteiger charge is -1.98. The van der Waals surface area contributed by atoms with E-state index in [4.69, 9.17) is 14.6 Å². The minimum Gasteiger partial charge on any atom is -0.481 e. The fraction of sp³-hybridized carbons (Fsp3) is 0.833. The second kappa shape index (κ2) is 9.31. The van der Waals surface area contributed by atoms with Gasteiger partial charge in [0.1, 0.15) is 0 Å². The molecule has 22 heavy (non-hydrogen) atoms. The molecule has 0 spiro atoms. The third kappa shape index (κ3) is 6.93. The summed E-state index contributed by atoms with van der Waals surface area (Å²) in [6, 6.07) is 0. The average molecular weight is 310 g/mol. The number of hydrogen-bond donors (Lipinski definition) is 1. The number of hydrogen-bond acceptors (Lipinski definition) is 3. The van der Waals surface area contributed by atoms with E-state index >= 15 is 0 Å². The van der Waals surface area contributed by atoms with Crippen LogP contribution in [0.25, 0.3) is 0 Å². The molecule has 2 heterocycles. The van der Waals surface area contributed by atoms with E-state index < -0.39 is 5.97 Å². The van der Waals surface area contributed by atoms with Crippen LogP contribution in [0.15, 0.2) is 12.2 Å². The van der Waals surface area contributed by atoms with Gasteiger partial charge < -0.3 is 14.6 Å². The molecule has 0 bridgehead atoms. The van der Waals surface area contributed by atoms with E-state index in [1.807, 2.05) is 0 Å². The van der Waals surface area contributed by atoms with Crippen molar-refractivity contribution in [2.75, 3.05) is 0 Å². The molecule has 0 aromatic rings. The molecule has 2 saturated heterocycles. The third-order valence-electron chi connectivity index (χ3n) is 4.54. The predicted octanol–water partition coefficient (Wildman–Crippen LogP) is 4.08. The number of rotatable bonds is 13. The summed E-state index contributed by atoms with van der Waals surface area (Å²) >= 11 is 0. The molecule has 0 aliphatic carbocycles. The number of allylic oxidation sites excluding steroid dienone is 1. The van der Waals surface area contributed by atoms with E-state index in [0.717, 1.165) is 44.9 Å². The van der Waals surface area contributed by atoms with E-state index in [1.54, 1.807) is 0 Å². The molecular weight excluding hydrogens is 280 g/mol. The van der Waals surface area contributed by atoms with Gasteiger partial charge in [-0.1, -0.05) is 38.3 Å². The second-order valence-electron chi connectivity index (χ2n) is 6.48. The molecule has 2 aliphatic heterocycles. The summed E-state index contributed by atoms with van der Waals surface area (Å²) in [7, 11) is 0. The maximum atomic E-state index is 10.4. The van der Waals surface area contributed by atoms with E-state index in [0.29, 0.717) is 30.8 Å². The number of carbonyl (C=O) groups is 1. The van der Waals surface area contributed by atoms with Crippen molar-refractivity contribution in [1.29, 1.82) is 0 Å². The van der Waals surface area contributed by atoms with Gasteiger partial charge in [0, 0.05) is 12.8 Å². The summed E-state index contributed by atoms with van der Waals surface area (Å²) in [5, 5.41) is 8.53. The molecule has 0 saturated carbocycles. The molecular formula is C18H30O4. The zero-order valence-electron chi connectivity index (χ0n) is 13.7. The van der Waals surface area contributed by atoms with Crippen LogP contribution >= 0.6 is 0 Å². The first-order valence-electron chi connectivity index (χ1n) is 8.88. The molecule has 0 radical (unpaired) electrons. The zero-order valence-corrected chi connectivity index (χ0v) is 13.7. The van der Waals surface area contributed by atoms with E-state index in [1.165, 1.54) is 12.8 Å². The van der Waals surface area contributed by atoms with Gasteiger partial charge in [0.25, 0.3) is 0 Å². The van der Waals surface area contributed by atoms with Gasteiger partial charge in [0.2, 0.25) is 0 Å². The number of carboxylic acids is 1. The molecule has 126 valence electrons. The first-order valence-corrected chi connectivity index (χ1v) is 8.88. The van der Waals surface area contributed by atoms with E-state index in [2.05, 4.69) is 19.1 Å². The predicted molar refractivity (Wildman–Crippen MR) is 85.9 cm³/mol. The Hall–Kier alpha value is -0.870. The highest BCUT2D eigenvalue weighted by Gasteiger charge is 2.46. The molecule has 4 heteroatoms. The topological polar surface area (TPSA) is 62.4 Å². The summed E-state index contributed by atoms with van der Waals surface area (Å²) < 4.78 is 11.2. The molecule has 4 atom stereocenters. The van der Waals surface area contributed by atoms with Crippen molar-refractivity contribution in [2.45, 2.75) is 95.5 Å². The van der Waals surface area contributed by atoms with Gasteiger partial charge in [-0.2, -0.15) is 0 Å². The largest absolute Gasteiger partial charge is 0.481 e. The Balaban J connectivity index is 1.35. The van der Waals surface area contributed by atoms with Crippen molar-refractivity contribution < 1.29 is 19.4 Å². The Morgan fingerprint density at radius 1 is 0.955 bits per heavy atom. The third-order valence-corrected chi connectivity index (χ3v) is 4.54. The van der Waals surface area contributed by atoms with Crippen LogP contribution in [0.3, 0.4) is 0 Å². The number of epoxide rings is 2. The molecule has 0 aromatic carbocycles. The quantitative estimate of drug-likeness (QED) is 0.316.